The van der Waals surface area contributed by atoms with Crippen LogP contribution in [-0.2, 0) is 21.2 Å². The molecule has 2 heterocycles. The Morgan fingerprint density at radius 2 is 1.84 bits per heavy atom. The number of nitrogens with one attached hydrogen (secondary N) is 1. The van der Waals surface area contributed by atoms with Gasteiger partial charge in [0.25, 0.3) is 5.91 Å². The number of carbonyl (C=O) groups excluding carboxylic acids is 1. The molecule has 31 heavy (non-hydrogen) atoms. The van der Waals surface area contributed by atoms with Crippen molar-refractivity contribution in [1.82, 2.24) is 9.29 Å². The topological polar surface area (TPSA) is 88.6 Å². The summed E-state index contributed by atoms with van der Waals surface area (Å²) >= 11 is 1.42. The fourth-order valence-electron chi connectivity index (χ4n) is 3.77. The number of aromatic nitrogens is 1. The fourth-order valence-corrected chi connectivity index (χ4v) is 6.27. The molecule has 0 saturated carbocycles. The molecule has 1 aromatic heterocycles. The van der Waals surface area contributed by atoms with E-state index in [1.807, 2.05) is 32.0 Å². The van der Waals surface area contributed by atoms with Crippen LogP contribution in [0.3, 0.4) is 0 Å². The summed E-state index contributed by atoms with van der Waals surface area (Å²) in [6.07, 6.45) is 0.543. The summed E-state index contributed by atoms with van der Waals surface area (Å²) in [5.74, 6) is -0.324. The van der Waals surface area contributed by atoms with E-state index in [0.717, 1.165) is 22.2 Å². The van der Waals surface area contributed by atoms with Crippen LogP contribution in [0.4, 0.5) is 5.13 Å². The average molecular weight is 460 g/mol. The van der Waals surface area contributed by atoms with Crippen molar-refractivity contribution in [3.05, 3.63) is 53.6 Å². The minimum absolute atomic E-state index is 0.161. The van der Waals surface area contributed by atoms with E-state index in [1.54, 1.807) is 0 Å². The van der Waals surface area contributed by atoms with Gasteiger partial charge >= 0.3 is 0 Å². The molecule has 164 valence electrons. The summed E-state index contributed by atoms with van der Waals surface area (Å²) < 4.78 is 34.0. The number of morpholine rings is 1. The van der Waals surface area contributed by atoms with Crippen molar-refractivity contribution in [1.29, 1.82) is 0 Å². The summed E-state index contributed by atoms with van der Waals surface area (Å²) in [6, 6.07) is 12.0. The molecular formula is C22H25N3O4S2. The van der Waals surface area contributed by atoms with Crippen LogP contribution >= 0.6 is 11.3 Å². The van der Waals surface area contributed by atoms with Crippen molar-refractivity contribution in [2.45, 2.75) is 44.3 Å². The van der Waals surface area contributed by atoms with Crippen molar-refractivity contribution in [2.75, 3.05) is 18.4 Å². The third kappa shape index (κ3) is 4.50. The Balaban J connectivity index is 1.51. The van der Waals surface area contributed by atoms with Gasteiger partial charge in [-0.15, -0.1) is 0 Å². The molecule has 0 spiro atoms. The van der Waals surface area contributed by atoms with E-state index in [-0.39, 0.29) is 23.0 Å². The van der Waals surface area contributed by atoms with E-state index in [1.165, 1.54) is 39.9 Å². The van der Waals surface area contributed by atoms with E-state index >= 15 is 0 Å². The number of anilines is 1. The van der Waals surface area contributed by atoms with Gasteiger partial charge in [-0.3, -0.25) is 10.1 Å². The van der Waals surface area contributed by atoms with Crippen LogP contribution in [0, 0.1) is 0 Å². The van der Waals surface area contributed by atoms with Gasteiger partial charge in [-0.25, -0.2) is 13.4 Å². The lowest BCUT2D eigenvalue weighted by atomic mass is 10.1. The molecule has 0 radical (unpaired) electrons. The summed E-state index contributed by atoms with van der Waals surface area (Å²) in [5.41, 5.74) is 2.41. The summed E-state index contributed by atoms with van der Waals surface area (Å²) in [7, 11) is -3.64. The molecule has 2 aromatic carbocycles. The second-order valence-electron chi connectivity index (χ2n) is 7.69. The minimum Gasteiger partial charge on any atom is -0.373 e. The molecule has 1 amide bonds. The van der Waals surface area contributed by atoms with Crippen LogP contribution in [0.15, 0.2) is 47.4 Å². The monoisotopic (exact) mass is 459 g/mol. The molecule has 3 aromatic rings. The van der Waals surface area contributed by atoms with E-state index in [0.29, 0.717) is 23.8 Å². The zero-order valence-corrected chi connectivity index (χ0v) is 19.3. The van der Waals surface area contributed by atoms with Crippen molar-refractivity contribution >= 4 is 42.6 Å². The van der Waals surface area contributed by atoms with Crippen LogP contribution in [-0.4, -0.2) is 48.9 Å². The smallest absolute Gasteiger partial charge is 0.257 e. The summed E-state index contributed by atoms with van der Waals surface area (Å²) in [6.45, 7) is 6.41. The molecular weight excluding hydrogens is 434 g/mol. The van der Waals surface area contributed by atoms with Crippen molar-refractivity contribution in [3.63, 3.8) is 0 Å². The highest BCUT2D eigenvalue weighted by Crippen LogP contribution is 2.29. The second-order valence-corrected chi connectivity index (χ2v) is 10.7. The number of hydrogen-bond donors (Lipinski definition) is 1. The largest absolute Gasteiger partial charge is 0.373 e. The van der Waals surface area contributed by atoms with E-state index in [4.69, 9.17) is 4.74 Å². The van der Waals surface area contributed by atoms with Crippen molar-refractivity contribution in [2.24, 2.45) is 0 Å². The molecule has 1 fully saturated rings. The lowest BCUT2D eigenvalue weighted by Gasteiger charge is -2.34. The standard InChI is InChI=1S/C22H25N3O4S2/c1-4-16-6-5-7-19-20(16)23-22(30-19)24-21(26)17-8-10-18(11-9-17)31(27,28)25-12-14(2)29-15(3)13-25/h5-11,14-15H,4,12-13H2,1-3H3,(H,23,24,26)/t14-,15+. The lowest BCUT2D eigenvalue weighted by Crippen LogP contribution is -2.48. The first-order valence-corrected chi connectivity index (χ1v) is 12.5. The molecule has 0 unspecified atom stereocenters. The van der Waals surface area contributed by atoms with Crippen LogP contribution in [0.1, 0.15) is 36.7 Å². The van der Waals surface area contributed by atoms with Gasteiger partial charge in [0.2, 0.25) is 10.0 Å². The molecule has 0 aliphatic carbocycles. The maximum Gasteiger partial charge on any atom is 0.257 e. The first-order valence-electron chi connectivity index (χ1n) is 10.2. The van der Waals surface area contributed by atoms with Crippen molar-refractivity contribution < 1.29 is 17.9 Å². The molecule has 4 rings (SSSR count). The maximum absolute atomic E-state index is 13.0. The number of rotatable bonds is 5. The Labute approximate surface area is 186 Å². The quantitative estimate of drug-likeness (QED) is 0.625. The third-order valence-electron chi connectivity index (χ3n) is 5.24. The number of para-hydroxylation sites is 1. The fraction of sp³-hybridized carbons (Fsp3) is 0.364. The summed E-state index contributed by atoms with van der Waals surface area (Å²) in [4.78, 5) is 17.4. The zero-order chi connectivity index (χ0) is 22.2. The maximum atomic E-state index is 13.0. The van der Waals surface area contributed by atoms with Gasteiger partial charge in [-0.05, 0) is 56.2 Å². The number of hydrogen-bond acceptors (Lipinski definition) is 6. The predicted molar refractivity (Wildman–Crippen MR) is 122 cm³/mol. The van der Waals surface area contributed by atoms with E-state index < -0.39 is 10.0 Å². The van der Waals surface area contributed by atoms with Gasteiger partial charge < -0.3 is 4.74 Å². The molecule has 1 aliphatic heterocycles. The Morgan fingerprint density at radius 1 is 1.16 bits per heavy atom. The normalized spacial score (nSPS) is 20.1. The molecule has 9 heteroatoms. The third-order valence-corrected chi connectivity index (χ3v) is 8.03. The SMILES string of the molecule is CCc1cccc2sc(NC(=O)c3ccc(S(=O)(=O)N4C[C@@H](C)O[C@@H](C)C4)cc3)nc12. The zero-order valence-electron chi connectivity index (χ0n) is 17.7. The van der Waals surface area contributed by atoms with Crippen molar-refractivity contribution in [3.8, 4) is 0 Å². The molecule has 1 aliphatic rings. The van der Waals surface area contributed by atoms with Gasteiger partial charge in [0.15, 0.2) is 5.13 Å². The van der Waals surface area contributed by atoms with Crippen LogP contribution in [0.2, 0.25) is 0 Å². The molecule has 2 atom stereocenters. The summed E-state index contributed by atoms with van der Waals surface area (Å²) in [5, 5.41) is 3.35. The number of fused-ring (bicyclic) bond motifs is 1. The first-order chi connectivity index (χ1) is 14.8. The second kappa shape index (κ2) is 8.66. The lowest BCUT2D eigenvalue weighted by molar-refractivity contribution is -0.0440. The predicted octanol–water partition coefficient (Wildman–Crippen LogP) is 3.91. The van der Waals surface area contributed by atoms with Crippen LogP contribution in [0.5, 0.6) is 0 Å². The Morgan fingerprint density at radius 3 is 2.48 bits per heavy atom. The van der Waals surface area contributed by atoms with E-state index in [2.05, 4.69) is 17.2 Å². The average Bonchev–Trinajstić information content (AvgIpc) is 3.15. The molecule has 7 nitrogen and oxygen atoms in total. The Bertz CT molecular complexity index is 1200. The first kappa shape index (κ1) is 21.9. The number of benzene rings is 2. The Kier molecular flexibility index (Phi) is 6.11. The minimum atomic E-state index is -3.64. The Hall–Kier alpha value is -2.33. The highest BCUT2D eigenvalue weighted by atomic mass is 32.2. The van der Waals surface area contributed by atoms with Gasteiger partial charge in [0, 0.05) is 18.7 Å². The van der Waals surface area contributed by atoms with Gasteiger partial charge in [-0.1, -0.05) is 30.4 Å². The number of carbonyl (C=O) groups is 1. The number of sulfonamides is 1. The highest BCUT2D eigenvalue weighted by Gasteiger charge is 2.32. The molecule has 0 bridgehead atoms. The number of thiazole rings is 1. The van der Waals surface area contributed by atoms with Gasteiger partial charge in [0.05, 0.1) is 27.3 Å². The molecule has 1 saturated heterocycles. The number of nitrogens with zero attached hydrogens (tertiary/aromatic N) is 2. The van der Waals surface area contributed by atoms with Gasteiger partial charge in [0.1, 0.15) is 0 Å². The van der Waals surface area contributed by atoms with Gasteiger partial charge in [-0.2, -0.15) is 4.31 Å². The van der Waals surface area contributed by atoms with Crippen LogP contribution < -0.4 is 5.32 Å². The van der Waals surface area contributed by atoms with E-state index in [9.17, 15) is 13.2 Å². The van der Waals surface area contributed by atoms with Crippen LogP contribution in [0.25, 0.3) is 10.2 Å². The number of aryl methyl sites for hydroxylation is 1. The molecule has 1 N–H and O–H groups in total. The highest BCUT2D eigenvalue weighted by molar-refractivity contribution is 7.89. The number of ether oxygens (including phenoxy) is 1. The number of amides is 1.